The molecule has 0 radical (unpaired) electrons. The first-order chi connectivity index (χ1) is 14.1. The molecule has 29 heavy (non-hydrogen) atoms. The summed E-state index contributed by atoms with van der Waals surface area (Å²) in [5.74, 6) is 0.929. The summed E-state index contributed by atoms with van der Waals surface area (Å²) in [7, 11) is 3.12. The Morgan fingerprint density at radius 3 is 2.28 bits per heavy atom. The fraction of sp³-hybridized carbons (Fsp3) is 0.364. The van der Waals surface area contributed by atoms with E-state index in [1.807, 2.05) is 24.3 Å². The molecule has 154 valence electrons. The molecule has 0 saturated carbocycles. The number of carbonyl (C=O) groups is 2. The summed E-state index contributed by atoms with van der Waals surface area (Å²) in [4.78, 5) is 28.7. The van der Waals surface area contributed by atoms with Gasteiger partial charge in [0.15, 0.2) is 11.5 Å². The Balaban J connectivity index is 1.44. The van der Waals surface area contributed by atoms with Crippen molar-refractivity contribution >= 4 is 17.5 Å². The van der Waals surface area contributed by atoms with Gasteiger partial charge >= 0.3 is 0 Å². The third kappa shape index (κ3) is 5.40. The monoisotopic (exact) mass is 397 g/mol. The molecule has 0 aliphatic carbocycles. The van der Waals surface area contributed by atoms with Crippen molar-refractivity contribution in [1.29, 1.82) is 0 Å². The standard InChI is InChI=1S/C22H27N3O4/c1-28-19-9-8-17(14-20(19)29-2)15-21(26)23-16-22(27)25-12-10-24(11-13-25)18-6-4-3-5-7-18/h3-9,14H,10-13,15-16H2,1-2H3,(H,23,26). The van der Waals surface area contributed by atoms with Gasteiger partial charge in [-0.15, -0.1) is 0 Å². The third-order valence-corrected chi connectivity index (χ3v) is 5.00. The maximum atomic E-state index is 12.4. The van der Waals surface area contributed by atoms with Gasteiger partial charge in [0.25, 0.3) is 0 Å². The van der Waals surface area contributed by atoms with Crippen LogP contribution in [0.3, 0.4) is 0 Å². The SMILES string of the molecule is COc1ccc(CC(=O)NCC(=O)N2CCN(c3ccccc3)CC2)cc1OC. The van der Waals surface area contributed by atoms with Crippen molar-refractivity contribution in [3.63, 3.8) is 0 Å². The minimum absolute atomic E-state index is 0.0114. The maximum Gasteiger partial charge on any atom is 0.242 e. The Labute approximate surface area is 171 Å². The molecule has 1 aliphatic heterocycles. The lowest BCUT2D eigenvalue weighted by Crippen LogP contribution is -2.51. The lowest BCUT2D eigenvalue weighted by Gasteiger charge is -2.36. The van der Waals surface area contributed by atoms with Gasteiger partial charge in [-0.05, 0) is 29.8 Å². The number of methoxy groups -OCH3 is 2. The molecule has 1 fully saturated rings. The van der Waals surface area contributed by atoms with Crippen molar-refractivity contribution in [2.75, 3.05) is 51.8 Å². The van der Waals surface area contributed by atoms with E-state index < -0.39 is 0 Å². The molecule has 2 amide bonds. The normalized spacial score (nSPS) is 13.7. The van der Waals surface area contributed by atoms with E-state index in [2.05, 4.69) is 22.3 Å². The van der Waals surface area contributed by atoms with Crippen LogP contribution in [0.1, 0.15) is 5.56 Å². The van der Waals surface area contributed by atoms with Crippen LogP contribution in [0.5, 0.6) is 11.5 Å². The fourth-order valence-corrected chi connectivity index (χ4v) is 3.38. The smallest absolute Gasteiger partial charge is 0.242 e. The molecule has 0 spiro atoms. The van der Waals surface area contributed by atoms with Gasteiger partial charge < -0.3 is 24.6 Å². The quantitative estimate of drug-likeness (QED) is 0.770. The molecule has 1 aliphatic rings. The molecule has 0 bridgehead atoms. The number of anilines is 1. The average Bonchev–Trinajstić information content (AvgIpc) is 2.78. The number of nitrogens with zero attached hydrogens (tertiary/aromatic N) is 2. The van der Waals surface area contributed by atoms with Gasteiger partial charge in [0.1, 0.15) is 0 Å². The fourth-order valence-electron chi connectivity index (χ4n) is 3.38. The van der Waals surface area contributed by atoms with Crippen LogP contribution in [0.4, 0.5) is 5.69 Å². The molecule has 7 heteroatoms. The zero-order chi connectivity index (χ0) is 20.6. The highest BCUT2D eigenvalue weighted by molar-refractivity contribution is 5.86. The van der Waals surface area contributed by atoms with Crippen LogP contribution in [0.25, 0.3) is 0 Å². The minimum Gasteiger partial charge on any atom is -0.493 e. The van der Waals surface area contributed by atoms with E-state index in [0.29, 0.717) is 24.6 Å². The van der Waals surface area contributed by atoms with Crippen molar-refractivity contribution < 1.29 is 19.1 Å². The highest BCUT2D eigenvalue weighted by Crippen LogP contribution is 2.27. The van der Waals surface area contributed by atoms with Crippen LogP contribution in [-0.2, 0) is 16.0 Å². The van der Waals surface area contributed by atoms with E-state index in [4.69, 9.17) is 9.47 Å². The number of ether oxygens (including phenoxy) is 2. The van der Waals surface area contributed by atoms with E-state index in [-0.39, 0.29) is 24.8 Å². The summed E-state index contributed by atoms with van der Waals surface area (Å²) in [5, 5.41) is 2.72. The lowest BCUT2D eigenvalue weighted by molar-refractivity contribution is -0.133. The summed E-state index contributed by atoms with van der Waals surface area (Å²) in [6.45, 7) is 2.89. The molecule has 1 heterocycles. The second-order valence-corrected chi connectivity index (χ2v) is 6.85. The summed E-state index contributed by atoms with van der Waals surface area (Å²) in [6.07, 6.45) is 0.176. The van der Waals surface area contributed by atoms with E-state index in [1.165, 1.54) is 5.69 Å². The molecule has 1 saturated heterocycles. The van der Waals surface area contributed by atoms with Crippen LogP contribution < -0.4 is 19.7 Å². The third-order valence-electron chi connectivity index (χ3n) is 5.00. The molecular formula is C22H27N3O4. The van der Waals surface area contributed by atoms with Gasteiger partial charge in [0.2, 0.25) is 11.8 Å². The summed E-state index contributed by atoms with van der Waals surface area (Å²) < 4.78 is 10.5. The summed E-state index contributed by atoms with van der Waals surface area (Å²) in [6, 6.07) is 15.5. The second-order valence-electron chi connectivity index (χ2n) is 6.85. The molecule has 0 unspecified atom stereocenters. The van der Waals surface area contributed by atoms with Gasteiger partial charge in [-0.2, -0.15) is 0 Å². The maximum absolute atomic E-state index is 12.4. The number of para-hydroxylation sites is 1. The Morgan fingerprint density at radius 2 is 1.62 bits per heavy atom. The lowest BCUT2D eigenvalue weighted by atomic mass is 10.1. The predicted octanol–water partition coefficient (Wildman–Crippen LogP) is 1.71. The Kier molecular flexibility index (Phi) is 6.94. The largest absolute Gasteiger partial charge is 0.493 e. The molecule has 2 aromatic rings. The van der Waals surface area contributed by atoms with Crippen LogP contribution in [-0.4, -0.2) is 63.7 Å². The minimum atomic E-state index is -0.200. The summed E-state index contributed by atoms with van der Waals surface area (Å²) in [5.41, 5.74) is 1.96. The Morgan fingerprint density at radius 1 is 0.931 bits per heavy atom. The predicted molar refractivity (Wildman–Crippen MR) is 111 cm³/mol. The zero-order valence-electron chi connectivity index (χ0n) is 16.9. The zero-order valence-corrected chi connectivity index (χ0v) is 16.9. The number of amides is 2. The summed E-state index contributed by atoms with van der Waals surface area (Å²) >= 11 is 0. The highest BCUT2D eigenvalue weighted by atomic mass is 16.5. The van der Waals surface area contributed by atoms with Crippen molar-refractivity contribution in [3.8, 4) is 11.5 Å². The van der Waals surface area contributed by atoms with E-state index in [9.17, 15) is 9.59 Å². The van der Waals surface area contributed by atoms with Crippen molar-refractivity contribution in [1.82, 2.24) is 10.2 Å². The van der Waals surface area contributed by atoms with Crippen LogP contribution >= 0.6 is 0 Å². The molecule has 0 atom stereocenters. The van der Waals surface area contributed by atoms with Gasteiger partial charge in [-0.3, -0.25) is 9.59 Å². The van der Waals surface area contributed by atoms with Gasteiger partial charge in [0, 0.05) is 31.9 Å². The van der Waals surface area contributed by atoms with Crippen molar-refractivity contribution in [2.45, 2.75) is 6.42 Å². The first kappa shape index (κ1) is 20.5. The van der Waals surface area contributed by atoms with Crippen molar-refractivity contribution in [3.05, 3.63) is 54.1 Å². The molecule has 7 nitrogen and oxygen atoms in total. The number of hydrogen-bond acceptors (Lipinski definition) is 5. The van der Waals surface area contributed by atoms with Gasteiger partial charge in [-0.25, -0.2) is 0 Å². The van der Waals surface area contributed by atoms with Gasteiger partial charge in [-0.1, -0.05) is 24.3 Å². The molecule has 3 rings (SSSR count). The number of nitrogens with one attached hydrogen (secondary N) is 1. The number of carbonyl (C=O) groups excluding carboxylic acids is 2. The number of benzene rings is 2. The molecule has 1 N–H and O–H groups in total. The Bertz CT molecular complexity index is 833. The van der Waals surface area contributed by atoms with E-state index >= 15 is 0 Å². The Hall–Kier alpha value is -3.22. The molecular weight excluding hydrogens is 370 g/mol. The average molecular weight is 397 g/mol. The van der Waals surface area contributed by atoms with Crippen LogP contribution in [0, 0.1) is 0 Å². The first-order valence-electron chi connectivity index (χ1n) is 9.66. The highest BCUT2D eigenvalue weighted by Gasteiger charge is 2.21. The molecule has 0 aromatic heterocycles. The second kappa shape index (κ2) is 9.82. The van der Waals surface area contributed by atoms with Crippen molar-refractivity contribution in [2.24, 2.45) is 0 Å². The number of rotatable bonds is 7. The topological polar surface area (TPSA) is 71.1 Å². The first-order valence-corrected chi connectivity index (χ1v) is 9.66. The number of piperazine rings is 1. The van der Waals surface area contributed by atoms with E-state index in [0.717, 1.165) is 18.7 Å². The van der Waals surface area contributed by atoms with Crippen LogP contribution in [0.2, 0.25) is 0 Å². The number of hydrogen-bond donors (Lipinski definition) is 1. The van der Waals surface area contributed by atoms with Crippen LogP contribution in [0.15, 0.2) is 48.5 Å². The van der Waals surface area contributed by atoms with E-state index in [1.54, 1.807) is 31.3 Å². The molecule has 2 aromatic carbocycles. The van der Waals surface area contributed by atoms with Gasteiger partial charge in [0.05, 0.1) is 27.2 Å².